The first-order valence-electron chi connectivity index (χ1n) is 6.79. The first-order chi connectivity index (χ1) is 10.2. The largest absolute Gasteiger partial charge is 0.361 e. The molecule has 3 aromatic rings. The molecule has 0 saturated carbocycles. The first kappa shape index (κ1) is 13.4. The molecule has 2 heterocycles. The van der Waals surface area contributed by atoms with Crippen LogP contribution in [0.4, 0.5) is 0 Å². The summed E-state index contributed by atoms with van der Waals surface area (Å²) in [7, 11) is 0. The Morgan fingerprint density at radius 1 is 1.33 bits per heavy atom. The van der Waals surface area contributed by atoms with E-state index < -0.39 is 6.04 Å². The number of amides is 1. The van der Waals surface area contributed by atoms with Gasteiger partial charge in [0.25, 0.3) is 0 Å². The van der Waals surface area contributed by atoms with Crippen LogP contribution in [0.15, 0.2) is 43.0 Å². The normalized spacial score (nSPS) is 12.4. The highest BCUT2D eigenvalue weighted by molar-refractivity contribution is 5.86. The Balaban J connectivity index is 1.62. The van der Waals surface area contributed by atoms with Crippen LogP contribution in [0.5, 0.6) is 0 Å². The van der Waals surface area contributed by atoms with Crippen molar-refractivity contribution >= 4 is 16.8 Å². The number of carbonyl (C=O) groups is 1. The maximum Gasteiger partial charge on any atom is 0.237 e. The number of fused-ring (bicyclic) bond motifs is 1. The Hall–Kier alpha value is -2.60. The summed E-state index contributed by atoms with van der Waals surface area (Å²) in [4.78, 5) is 22.0. The highest BCUT2D eigenvalue weighted by Gasteiger charge is 2.16. The minimum absolute atomic E-state index is 0.171. The summed E-state index contributed by atoms with van der Waals surface area (Å²) < 4.78 is 0. The van der Waals surface area contributed by atoms with Crippen LogP contribution in [0.2, 0.25) is 0 Å². The van der Waals surface area contributed by atoms with Gasteiger partial charge in [-0.25, -0.2) is 4.98 Å². The Morgan fingerprint density at radius 3 is 3.00 bits per heavy atom. The highest BCUT2D eigenvalue weighted by Crippen LogP contribution is 2.18. The molecule has 0 aliphatic rings. The van der Waals surface area contributed by atoms with Crippen LogP contribution in [0.1, 0.15) is 11.3 Å². The number of aromatic amines is 2. The van der Waals surface area contributed by atoms with Crippen LogP contribution in [0.3, 0.4) is 0 Å². The number of rotatable bonds is 5. The summed E-state index contributed by atoms with van der Waals surface area (Å²) in [5.41, 5.74) is 8.94. The molecule has 1 unspecified atom stereocenters. The molecule has 0 radical (unpaired) electrons. The number of nitrogens with one attached hydrogen (secondary N) is 3. The lowest BCUT2D eigenvalue weighted by Gasteiger charge is -2.11. The predicted molar refractivity (Wildman–Crippen MR) is 80.4 cm³/mol. The zero-order chi connectivity index (χ0) is 14.7. The van der Waals surface area contributed by atoms with Crippen molar-refractivity contribution in [1.29, 1.82) is 0 Å². The van der Waals surface area contributed by atoms with E-state index in [1.165, 1.54) is 0 Å². The van der Waals surface area contributed by atoms with Crippen molar-refractivity contribution in [3.05, 3.63) is 54.2 Å². The topological polar surface area (TPSA) is 99.6 Å². The molecule has 5 N–H and O–H groups in total. The van der Waals surface area contributed by atoms with Crippen molar-refractivity contribution in [3.8, 4) is 0 Å². The number of aromatic nitrogens is 3. The summed E-state index contributed by atoms with van der Waals surface area (Å²) in [6, 6.07) is 7.40. The number of nitrogens with two attached hydrogens (primary N) is 1. The highest BCUT2D eigenvalue weighted by atomic mass is 16.2. The van der Waals surface area contributed by atoms with Gasteiger partial charge in [0.1, 0.15) is 0 Å². The molecule has 0 fully saturated rings. The maximum absolute atomic E-state index is 12.0. The molecule has 1 aromatic carbocycles. The summed E-state index contributed by atoms with van der Waals surface area (Å²) in [6.45, 7) is 0.403. The molecule has 1 atom stereocenters. The van der Waals surface area contributed by atoms with E-state index in [4.69, 9.17) is 5.73 Å². The molecular weight excluding hydrogens is 266 g/mol. The second-order valence-corrected chi connectivity index (χ2v) is 4.96. The first-order valence-corrected chi connectivity index (χ1v) is 6.79. The van der Waals surface area contributed by atoms with E-state index in [-0.39, 0.29) is 5.91 Å². The van der Waals surface area contributed by atoms with Crippen LogP contribution >= 0.6 is 0 Å². The van der Waals surface area contributed by atoms with Gasteiger partial charge in [0.05, 0.1) is 24.6 Å². The van der Waals surface area contributed by atoms with Gasteiger partial charge in [-0.2, -0.15) is 0 Å². The average molecular weight is 283 g/mol. The lowest BCUT2D eigenvalue weighted by Crippen LogP contribution is -2.41. The lowest BCUT2D eigenvalue weighted by atomic mass is 10.1. The molecule has 1 amide bonds. The minimum Gasteiger partial charge on any atom is -0.361 e. The van der Waals surface area contributed by atoms with Gasteiger partial charge >= 0.3 is 0 Å². The van der Waals surface area contributed by atoms with Gasteiger partial charge in [0.15, 0.2) is 0 Å². The average Bonchev–Trinajstić information content (AvgIpc) is 3.15. The van der Waals surface area contributed by atoms with Crippen LogP contribution < -0.4 is 11.1 Å². The quantitative estimate of drug-likeness (QED) is 0.563. The Morgan fingerprint density at radius 2 is 2.19 bits per heavy atom. The van der Waals surface area contributed by atoms with Crippen molar-refractivity contribution in [2.24, 2.45) is 5.73 Å². The lowest BCUT2D eigenvalue weighted by molar-refractivity contribution is -0.122. The fraction of sp³-hybridized carbons (Fsp3) is 0.200. The number of H-pyrrole nitrogens is 2. The molecule has 0 spiro atoms. The predicted octanol–water partition coefficient (Wildman–Crippen LogP) is 1.08. The molecule has 0 bridgehead atoms. The summed E-state index contributed by atoms with van der Waals surface area (Å²) >= 11 is 0. The number of carbonyl (C=O) groups excluding carboxylic acids is 1. The number of para-hydroxylation sites is 1. The number of imidazole rings is 1. The van der Waals surface area contributed by atoms with Gasteiger partial charge in [-0.1, -0.05) is 18.2 Å². The summed E-state index contributed by atoms with van der Waals surface area (Å²) in [6.07, 6.45) is 5.66. The fourth-order valence-corrected chi connectivity index (χ4v) is 2.32. The minimum atomic E-state index is -0.577. The third-order valence-electron chi connectivity index (χ3n) is 3.46. The monoisotopic (exact) mass is 283 g/mol. The fourth-order valence-electron chi connectivity index (χ4n) is 2.32. The molecule has 6 heteroatoms. The van der Waals surface area contributed by atoms with Crippen molar-refractivity contribution in [2.45, 2.75) is 19.0 Å². The second kappa shape index (κ2) is 5.80. The van der Waals surface area contributed by atoms with E-state index in [2.05, 4.69) is 20.3 Å². The van der Waals surface area contributed by atoms with Gasteiger partial charge in [-0.15, -0.1) is 0 Å². The molecule has 21 heavy (non-hydrogen) atoms. The second-order valence-electron chi connectivity index (χ2n) is 4.96. The smallest absolute Gasteiger partial charge is 0.237 e. The number of benzene rings is 1. The SMILES string of the molecule is NC(Cc1c[nH]c2ccccc12)C(=O)NCc1cnc[nH]1. The van der Waals surface area contributed by atoms with E-state index >= 15 is 0 Å². The third-order valence-corrected chi connectivity index (χ3v) is 3.46. The number of hydrogen-bond acceptors (Lipinski definition) is 3. The molecule has 0 aliphatic heterocycles. The molecule has 0 saturated heterocycles. The molecule has 2 aromatic heterocycles. The molecule has 0 aliphatic carbocycles. The zero-order valence-electron chi connectivity index (χ0n) is 11.5. The maximum atomic E-state index is 12.0. The molecule has 108 valence electrons. The van der Waals surface area contributed by atoms with Crippen LogP contribution in [-0.2, 0) is 17.8 Å². The van der Waals surface area contributed by atoms with Gasteiger partial charge in [-0.05, 0) is 18.1 Å². The Kier molecular flexibility index (Phi) is 3.70. The van der Waals surface area contributed by atoms with Crippen molar-refractivity contribution < 1.29 is 4.79 Å². The third kappa shape index (κ3) is 2.95. The van der Waals surface area contributed by atoms with Crippen LogP contribution in [-0.4, -0.2) is 26.9 Å². The van der Waals surface area contributed by atoms with Gasteiger partial charge < -0.3 is 21.0 Å². The summed E-state index contributed by atoms with van der Waals surface area (Å²) in [5, 5.41) is 3.91. The summed E-state index contributed by atoms with van der Waals surface area (Å²) in [5.74, 6) is -0.171. The van der Waals surface area contributed by atoms with Crippen LogP contribution in [0, 0.1) is 0 Å². The number of nitrogens with zero attached hydrogens (tertiary/aromatic N) is 1. The molecule has 6 nitrogen and oxygen atoms in total. The van der Waals surface area contributed by atoms with E-state index in [0.717, 1.165) is 22.2 Å². The molecular formula is C15H17N5O. The van der Waals surface area contributed by atoms with Gasteiger partial charge in [0, 0.05) is 23.3 Å². The Bertz CT molecular complexity index is 731. The van der Waals surface area contributed by atoms with Gasteiger partial charge in [0.2, 0.25) is 5.91 Å². The Labute approximate surface area is 121 Å². The van der Waals surface area contributed by atoms with E-state index in [9.17, 15) is 4.79 Å². The van der Waals surface area contributed by atoms with E-state index in [1.54, 1.807) is 12.5 Å². The van der Waals surface area contributed by atoms with Crippen LogP contribution in [0.25, 0.3) is 10.9 Å². The van der Waals surface area contributed by atoms with E-state index in [1.807, 2.05) is 30.5 Å². The van der Waals surface area contributed by atoms with Gasteiger partial charge in [-0.3, -0.25) is 4.79 Å². The van der Waals surface area contributed by atoms with Crippen molar-refractivity contribution in [1.82, 2.24) is 20.3 Å². The van der Waals surface area contributed by atoms with Crippen molar-refractivity contribution in [2.75, 3.05) is 0 Å². The van der Waals surface area contributed by atoms with Crippen molar-refractivity contribution in [3.63, 3.8) is 0 Å². The number of hydrogen-bond donors (Lipinski definition) is 4. The molecule has 3 rings (SSSR count). The standard InChI is InChI=1S/C15H17N5O/c16-13(15(21)19-8-11-7-17-9-20-11)5-10-6-18-14-4-2-1-3-12(10)14/h1-4,6-7,9,13,18H,5,8,16H2,(H,17,20)(H,19,21). The van der Waals surface area contributed by atoms with E-state index in [0.29, 0.717) is 13.0 Å². The zero-order valence-corrected chi connectivity index (χ0v) is 11.5.